The Morgan fingerprint density at radius 3 is 1.93 bits per heavy atom. The number of benzene rings is 2. The number of aliphatic carboxylic acids is 2. The van der Waals surface area contributed by atoms with Crippen LogP contribution in [0.4, 0.5) is 0 Å². The fraction of sp³-hybridized carbons (Fsp3) is 0.182. The van der Waals surface area contributed by atoms with E-state index in [4.69, 9.17) is 14.9 Å². The molecule has 5 heteroatoms. The summed E-state index contributed by atoms with van der Waals surface area (Å²) in [5.41, 5.74) is 2.69. The average molecular weight is 368 g/mol. The van der Waals surface area contributed by atoms with E-state index in [9.17, 15) is 9.59 Å². The quantitative estimate of drug-likeness (QED) is 0.736. The molecule has 142 valence electrons. The minimum Gasteiger partial charge on any atom is -0.497 e. The van der Waals surface area contributed by atoms with Crippen LogP contribution in [0.3, 0.4) is 0 Å². The molecule has 0 spiro atoms. The highest BCUT2D eigenvalue weighted by Crippen LogP contribution is 2.13. The van der Waals surface area contributed by atoms with Crippen LogP contribution >= 0.6 is 0 Å². The van der Waals surface area contributed by atoms with Crippen LogP contribution in [0.15, 0.2) is 71.8 Å². The van der Waals surface area contributed by atoms with E-state index < -0.39 is 11.9 Å². The Kier molecular flexibility index (Phi) is 9.09. The van der Waals surface area contributed by atoms with E-state index in [0.717, 1.165) is 16.9 Å². The van der Waals surface area contributed by atoms with E-state index in [-0.39, 0.29) is 0 Å². The Morgan fingerprint density at radius 2 is 1.44 bits per heavy atom. The summed E-state index contributed by atoms with van der Waals surface area (Å²) in [5.74, 6) is -0.994. The van der Waals surface area contributed by atoms with Crippen LogP contribution in [-0.2, 0) is 16.0 Å². The van der Waals surface area contributed by atoms with Crippen molar-refractivity contribution in [1.29, 1.82) is 0 Å². The first kappa shape index (κ1) is 21.7. The summed E-state index contributed by atoms with van der Waals surface area (Å²) < 4.78 is 4.98. The molecule has 0 radical (unpaired) electrons. The molecular weight excluding hydrogens is 344 g/mol. The predicted octanol–water partition coefficient (Wildman–Crippen LogP) is 4.44. The van der Waals surface area contributed by atoms with Gasteiger partial charge in [-0.1, -0.05) is 48.5 Å². The van der Waals surface area contributed by atoms with Gasteiger partial charge in [-0.25, -0.2) is 9.59 Å². The predicted molar refractivity (Wildman–Crippen MR) is 106 cm³/mol. The summed E-state index contributed by atoms with van der Waals surface area (Å²) in [6.45, 7) is 3.16. The highest BCUT2D eigenvalue weighted by molar-refractivity contribution is 5.91. The lowest BCUT2D eigenvalue weighted by Crippen LogP contribution is -1.96. The minimum absolute atomic E-state index is 0.315. The zero-order valence-corrected chi connectivity index (χ0v) is 15.7. The molecule has 0 bridgehead atoms. The lowest BCUT2D eigenvalue weighted by Gasteiger charge is -1.99. The normalized spacial score (nSPS) is 11.2. The maximum Gasteiger partial charge on any atom is 0.331 e. The standard InChI is InChI=1S/C11H12O3.C11H12O2/c1-8(11(12)13)7-9-3-5-10(14-2)6-4-9;1-9(11(12)13)7-8-10-5-3-2-4-6-10/h3-7H,1-2H3,(H,12,13);2-7H,8H2,1H3,(H,12,13). The summed E-state index contributed by atoms with van der Waals surface area (Å²) in [6, 6.07) is 17.0. The van der Waals surface area contributed by atoms with Gasteiger partial charge in [0.25, 0.3) is 0 Å². The van der Waals surface area contributed by atoms with Gasteiger partial charge in [-0.15, -0.1) is 0 Å². The lowest BCUT2D eigenvalue weighted by molar-refractivity contribution is -0.133. The summed E-state index contributed by atoms with van der Waals surface area (Å²) in [6.07, 6.45) is 4.01. The molecule has 0 aliphatic heterocycles. The van der Waals surface area contributed by atoms with Crippen LogP contribution < -0.4 is 4.74 Å². The van der Waals surface area contributed by atoms with Crippen molar-refractivity contribution in [2.24, 2.45) is 0 Å². The zero-order chi connectivity index (χ0) is 20.2. The number of allylic oxidation sites excluding steroid dienone is 1. The Labute approximate surface area is 159 Å². The van der Waals surface area contributed by atoms with Gasteiger partial charge in [0, 0.05) is 11.1 Å². The fourth-order valence-electron chi connectivity index (χ4n) is 1.98. The largest absolute Gasteiger partial charge is 0.497 e. The monoisotopic (exact) mass is 368 g/mol. The van der Waals surface area contributed by atoms with E-state index in [1.165, 1.54) is 0 Å². The first-order chi connectivity index (χ1) is 12.8. The molecule has 27 heavy (non-hydrogen) atoms. The second-order valence-electron chi connectivity index (χ2n) is 5.79. The molecule has 0 aromatic heterocycles. The molecule has 5 nitrogen and oxygen atoms in total. The van der Waals surface area contributed by atoms with Crippen LogP contribution in [0.2, 0.25) is 0 Å². The lowest BCUT2D eigenvalue weighted by atomic mass is 10.1. The first-order valence-electron chi connectivity index (χ1n) is 8.33. The van der Waals surface area contributed by atoms with Crippen molar-refractivity contribution in [1.82, 2.24) is 0 Å². The Hall–Kier alpha value is -3.34. The average Bonchev–Trinajstić information content (AvgIpc) is 2.67. The van der Waals surface area contributed by atoms with Gasteiger partial charge in [0.05, 0.1) is 7.11 Å². The smallest absolute Gasteiger partial charge is 0.331 e. The van der Waals surface area contributed by atoms with E-state index in [2.05, 4.69) is 0 Å². The van der Waals surface area contributed by atoms with Crippen molar-refractivity contribution in [3.05, 3.63) is 82.9 Å². The molecule has 0 saturated heterocycles. The molecule has 0 aliphatic rings. The SMILES string of the molecule is CC(=CCc1ccccc1)C(=O)O.COc1ccc(C=C(C)C(=O)O)cc1. The van der Waals surface area contributed by atoms with Crippen LogP contribution in [0.25, 0.3) is 6.08 Å². The molecule has 0 heterocycles. The molecule has 0 unspecified atom stereocenters. The van der Waals surface area contributed by atoms with Gasteiger partial charge in [0.2, 0.25) is 0 Å². The van der Waals surface area contributed by atoms with Crippen LogP contribution in [-0.4, -0.2) is 29.3 Å². The van der Waals surface area contributed by atoms with Crippen molar-refractivity contribution in [2.45, 2.75) is 20.3 Å². The number of hydrogen-bond acceptors (Lipinski definition) is 3. The van der Waals surface area contributed by atoms with Crippen LogP contribution in [0.1, 0.15) is 25.0 Å². The Bertz CT molecular complexity index is 802. The molecule has 0 saturated carbocycles. The maximum absolute atomic E-state index is 10.5. The summed E-state index contributed by atoms with van der Waals surface area (Å²) in [4.78, 5) is 21.0. The van der Waals surface area contributed by atoms with Gasteiger partial charge in [0.15, 0.2) is 0 Å². The molecule has 2 rings (SSSR count). The third kappa shape index (κ3) is 8.54. The number of ether oxygens (including phenoxy) is 1. The third-order valence-electron chi connectivity index (χ3n) is 3.66. The van der Waals surface area contributed by atoms with Gasteiger partial charge < -0.3 is 14.9 Å². The summed E-state index contributed by atoms with van der Waals surface area (Å²) in [7, 11) is 1.59. The summed E-state index contributed by atoms with van der Waals surface area (Å²) in [5, 5.41) is 17.2. The van der Waals surface area contributed by atoms with Crippen molar-refractivity contribution in [3.63, 3.8) is 0 Å². The van der Waals surface area contributed by atoms with Crippen LogP contribution in [0, 0.1) is 0 Å². The number of hydrogen-bond donors (Lipinski definition) is 2. The second-order valence-corrected chi connectivity index (χ2v) is 5.79. The zero-order valence-electron chi connectivity index (χ0n) is 15.7. The number of carbonyl (C=O) groups is 2. The Morgan fingerprint density at radius 1 is 0.889 bits per heavy atom. The highest BCUT2D eigenvalue weighted by atomic mass is 16.5. The van der Waals surface area contributed by atoms with Gasteiger partial charge in [0.1, 0.15) is 5.75 Å². The van der Waals surface area contributed by atoms with Crippen molar-refractivity contribution >= 4 is 18.0 Å². The van der Waals surface area contributed by atoms with Gasteiger partial charge in [-0.05, 0) is 49.6 Å². The molecule has 0 aliphatic carbocycles. The van der Waals surface area contributed by atoms with Gasteiger partial charge >= 0.3 is 11.9 Å². The van der Waals surface area contributed by atoms with Crippen molar-refractivity contribution in [3.8, 4) is 5.75 Å². The first-order valence-corrected chi connectivity index (χ1v) is 8.33. The molecule has 0 atom stereocenters. The highest BCUT2D eigenvalue weighted by Gasteiger charge is 1.99. The molecular formula is C22H24O5. The van der Waals surface area contributed by atoms with E-state index in [0.29, 0.717) is 17.6 Å². The molecule has 2 aromatic carbocycles. The molecule has 2 N–H and O–H groups in total. The minimum atomic E-state index is -0.902. The number of rotatable bonds is 6. The topological polar surface area (TPSA) is 83.8 Å². The number of carboxylic acid groups (broad SMARTS) is 2. The number of carboxylic acids is 2. The second kappa shape index (κ2) is 11.3. The number of methoxy groups -OCH3 is 1. The van der Waals surface area contributed by atoms with Crippen LogP contribution in [0.5, 0.6) is 5.75 Å². The van der Waals surface area contributed by atoms with E-state index in [1.807, 2.05) is 42.5 Å². The van der Waals surface area contributed by atoms with E-state index in [1.54, 1.807) is 45.2 Å². The molecule has 0 amide bonds. The summed E-state index contributed by atoms with van der Waals surface area (Å²) >= 11 is 0. The maximum atomic E-state index is 10.5. The van der Waals surface area contributed by atoms with Crippen molar-refractivity contribution in [2.75, 3.05) is 7.11 Å². The molecule has 0 fully saturated rings. The third-order valence-corrected chi connectivity index (χ3v) is 3.66. The Balaban J connectivity index is 0.000000271. The fourth-order valence-corrected chi connectivity index (χ4v) is 1.98. The molecule has 2 aromatic rings. The van der Waals surface area contributed by atoms with Crippen molar-refractivity contribution < 1.29 is 24.5 Å². The van der Waals surface area contributed by atoms with Gasteiger partial charge in [-0.3, -0.25) is 0 Å². The van der Waals surface area contributed by atoms with Gasteiger partial charge in [-0.2, -0.15) is 0 Å². The van der Waals surface area contributed by atoms with E-state index >= 15 is 0 Å².